The van der Waals surface area contributed by atoms with E-state index in [0.29, 0.717) is 19.3 Å². The van der Waals surface area contributed by atoms with Crippen molar-refractivity contribution >= 4 is 0 Å². The van der Waals surface area contributed by atoms with Crippen molar-refractivity contribution < 1.29 is 13.2 Å². The maximum atomic E-state index is 13.7. The first-order chi connectivity index (χ1) is 9.63. The molecule has 6 heteroatoms. The minimum Gasteiger partial charge on any atom is -0.324 e. The normalized spacial score (nSPS) is 19.6. The highest BCUT2D eigenvalue weighted by atomic mass is 19.2. The van der Waals surface area contributed by atoms with Crippen LogP contribution in [-0.2, 0) is 6.67 Å². The molecule has 0 aliphatic carbocycles. The third kappa shape index (κ3) is 2.56. The van der Waals surface area contributed by atoms with Crippen LogP contribution in [-0.4, -0.2) is 27.5 Å². The summed E-state index contributed by atoms with van der Waals surface area (Å²) in [5.41, 5.74) is 0.261. The Morgan fingerprint density at radius 3 is 2.70 bits per heavy atom. The predicted octanol–water partition coefficient (Wildman–Crippen LogP) is 2.75. The Bertz CT molecular complexity index is 598. The molecule has 1 aromatic heterocycles. The van der Waals surface area contributed by atoms with Gasteiger partial charge in [0, 0.05) is 37.5 Å². The number of hydrogen-bond donors (Lipinski definition) is 0. The van der Waals surface area contributed by atoms with Crippen LogP contribution in [0.4, 0.5) is 13.2 Å². The van der Waals surface area contributed by atoms with Gasteiger partial charge in [0.1, 0.15) is 5.82 Å². The number of benzene rings is 1. The molecule has 0 saturated carbocycles. The highest BCUT2D eigenvalue weighted by molar-refractivity contribution is 5.25. The number of imidazole rings is 1. The van der Waals surface area contributed by atoms with E-state index >= 15 is 0 Å². The number of hydrogen-bond acceptors (Lipinski definition) is 2. The van der Waals surface area contributed by atoms with Gasteiger partial charge < -0.3 is 4.57 Å². The van der Waals surface area contributed by atoms with Gasteiger partial charge >= 0.3 is 0 Å². The van der Waals surface area contributed by atoms with E-state index < -0.39 is 17.5 Å². The summed E-state index contributed by atoms with van der Waals surface area (Å²) in [6.07, 6.45) is 6.00. The lowest BCUT2D eigenvalue weighted by atomic mass is 9.97. The van der Waals surface area contributed by atoms with Gasteiger partial charge in [0.25, 0.3) is 0 Å². The topological polar surface area (TPSA) is 21.1 Å². The first kappa shape index (κ1) is 13.2. The maximum Gasteiger partial charge on any atom is 0.161 e. The maximum absolute atomic E-state index is 13.7. The average molecular weight is 281 g/mol. The lowest BCUT2D eigenvalue weighted by Crippen LogP contribution is -2.23. The van der Waals surface area contributed by atoms with Crippen LogP contribution in [0.3, 0.4) is 0 Å². The van der Waals surface area contributed by atoms with Gasteiger partial charge in [-0.25, -0.2) is 18.2 Å². The van der Waals surface area contributed by atoms with Crippen LogP contribution in [0.1, 0.15) is 17.9 Å². The Morgan fingerprint density at radius 2 is 1.95 bits per heavy atom. The van der Waals surface area contributed by atoms with Gasteiger partial charge in [0.15, 0.2) is 11.6 Å². The van der Waals surface area contributed by atoms with Crippen molar-refractivity contribution in [3.05, 3.63) is 53.9 Å². The van der Waals surface area contributed by atoms with E-state index in [1.54, 1.807) is 12.5 Å². The molecule has 3 rings (SSSR count). The molecule has 0 radical (unpaired) electrons. The van der Waals surface area contributed by atoms with E-state index in [-0.39, 0.29) is 11.5 Å². The molecule has 0 amide bonds. The summed E-state index contributed by atoms with van der Waals surface area (Å²) in [5, 5.41) is 0. The van der Waals surface area contributed by atoms with Crippen LogP contribution in [0, 0.1) is 17.5 Å². The van der Waals surface area contributed by atoms with E-state index in [9.17, 15) is 13.2 Å². The molecule has 2 heterocycles. The summed E-state index contributed by atoms with van der Waals surface area (Å²) in [5.74, 6) is -2.90. The number of rotatable bonds is 3. The molecular weight excluding hydrogens is 267 g/mol. The van der Waals surface area contributed by atoms with Gasteiger partial charge in [0.2, 0.25) is 0 Å². The lowest BCUT2D eigenvalue weighted by Gasteiger charge is -2.17. The zero-order chi connectivity index (χ0) is 14.1. The van der Waals surface area contributed by atoms with Gasteiger partial charge in [-0.15, -0.1) is 0 Å². The Morgan fingerprint density at radius 1 is 1.15 bits per heavy atom. The number of aromatic nitrogens is 2. The molecule has 2 aromatic rings. The van der Waals surface area contributed by atoms with E-state index in [0.717, 1.165) is 19.0 Å². The van der Waals surface area contributed by atoms with Gasteiger partial charge in [-0.2, -0.15) is 0 Å². The number of nitrogens with zero attached hydrogens (tertiary/aromatic N) is 3. The van der Waals surface area contributed by atoms with Crippen molar-refractivity contribution in [2.75, 3.05) is 13.1 Å². The molecule has 1 aliphatic rings. The molecule has 20 heavy (non-hydrogen) atoms. The molecule has 3 nitrogen and oxygen atoms in total. The molecule has 0 bridgehead atoms. The Balaban J connectivity index is 1.72. The molecule has 1 unspecified atom stereocenters. The second-order valence-electron chi connectivity index (χ2n) is 5.07. The standard InChI is InChI=1S/C14H14F3N3/c15-12-6-14(17)13(16)5-11(12)10-1-3-19(7-10)9-20-4-2-18-8-20/h2,4-6,8,10H,1,3,7,9H2. The Kier molecular flexibility index (Phi) is 3.48. The smallest absolute Gasteiger partial charge is 0.161 e. The van der Waals surface area contributed by atoms with Crippen molar-refractivity contribution in [2.45, 2.75) is 19.0 Å². The fourth-order valence-corrected chi connectivity index (χ4v) is 2.67. The first-order valence-corrected chi connectivity index (χ1v) is 6.46. The largest absolute Gasteiger partial charge is 0.324 e. The quantitative estimate of drug-likeness (QED) is 0.807. The van der Waals surface area contributed by atoms with Gasteiger partial charge in [0.05, 0.1) is 13.0 Å². The molecule has 0 N–H and O–H groups in total. The summed E-state index contributed by atoms with van der Waals surface area (Å²) in [6, 6.07) is 1.61. The van der Waals surface area contributed by atoms with Crippen molar-refractivity contribution in [1.29, 1.82) is 0 Å². The summed E-state index contributed by atoms with van der Waals surface area (Å²) in [7, 11) is 0. The second kappa shape index (κ2) is 5.28. The van der Waals surface area contributed by atoms with Crippen LogP contribution in [0.2, 0.25) is 0 Å². The zero-order valence-corrected chi connectivity index (χ0v) is 10.8. The van der Waals surface area contributed by atoms with E-state index in [2.05, 4.69) is 9.88 Å². The highest BCUT2D eigenvalue weighted by Crippen LogP contribution is 2.30. The third-order valence-corrected chi connectivity index (χ3v) is 3.67. The van der Waals surface area contributed by atoms with Crippen LogP contribution >= 0.6 is 0 Å². The molecule has 1 fully saturated rings. The van der Waals surface area contributed by atoms with E-state index in [1.807, 2.05) is 10.8 Å². The van der Waals surface area contributed by atoms with E-state index in [4.69, 9.17) is 0 Å². The number of halogens is 3. The van der Waals surface area contributed by atoms with E-state index in [1.165, 1.54) is 0 Å². The molecule has 1 atom stereocenters. The van der Waals surface area contributed by atoms with Gasteiger partial charge in [-0.1, -0.05) is 0 Å². The monoisotopic (exact) mass is 281 g/mol. The van der Waals surface area contributed by atoms with Crippen LogP contribution in [0.15, 0.2) is 30.9 Å². The fraction of sp³-hybridized carbons (Fsp3) is 0.357. The van der Waals surface area contributed by atoms with Crippen molar-refractivity contribution in [3.8, 4) is 0 Å². The summed E-state index contributed by atoms with van der Waals surface area (Å²) in [6.45, 7) is 2.09. The highest BCUT2D eigenvalue weighted by Gasteiger charge is 2.27. The van der Waals surface area contributed by atoms with Crippen molar-refractivity contribution in [1.82, 2.24) is 14.5 Å². The Labute approximate surface area is 114 Å². The Hall–Kier alpha value is -1.82. The lowest BCUT2D eigenvalue weighted by molar-refractivity contribution is 0.266. The van der Waals surface area contributed by atoms with Crippen LogP contribution in [0.5, 0.6) is 0 Å². The third-order valence-electron chi connectivity index (χ3n) is 3.67. The summed E-state index contributed by atoms with van der Waals surface area (Å²) in [4.78, 5) is 6.09. The molecular formula is C14H14F3N3. The molecule has 0 spiro atoms. The molecule has 1 aromatic carbocycles. The summed E-state index contributed by atoms with van der Waals surface area (Å²) >= 11 is 0. The van der Waals surface area contributed by atoms with Crippen molar-refractivity contribution in [3.63, 3.8) is 0 Å². The zero-order valence-electron chi connectivity index (χ0n) is 10.8. The SMILES string of the molecule is Fc1cc(F)c(C2CCN(Cn3ccnc3)C2)cc1F. The first-order valence-electron chi connectivity index (χ1n) is 6.46. The van der Waals surface area contributed by atoms with Crippen LogP contribution in [0.25, 0.3) is 0 Å². The van der Waals surface area contributed by atoms with Gasteiger partial charge in [-0.3, -0.25) is 4.90 Å². The van der Waals surface area contributed by atoms with Crippen LogP contribution < -0.4 is 0 Å². The minimum atomic E-state index is -1.14. The second-order valence-corrected chi connectivity index (χ2v) is 5.07. The molecule has 1 saturated heterocycles. The fourth-order valence-electron chi connectivity index (χ4n) is 2.67. The molecule has 1 aliphatic heterocycles. The number of likely N-dealkylation sites (tertiary alicyclic amines) is 1. The predicted molar refractivity (Wildman–Crippen MR) is 67.5 cm³/mol. The summed E-state index contributed by atoms with van der Waals surface area (Å²) < 4.78 is 41.9. The minimum absolute atomic E-state index is 0.103. The van der Waals surface area contributed by atoms with Gasteiger partial charge in [-0.05, 0) is 18.1 Å². The average Bonchev–Trinajstić information content (AvgIpc) is 3.06. The molecule has 106 valence electrons. The van der Waals surface area contributed by atoms with Crippen molar-refractivity contribution in [2.24, 2.45) is 0 Å².